The number of non-ortho nitro benzene ring substituents is 1. The number of anilines is 1. The summed E-state index contributed by atoms with van der Waals surface area (Å²) < 4.78 is 10.1. The van der Waals surface area contributed by atoms with Gasteiger partial charge in [0, 0.05) is 38.3 Å². The topological polar surface area (TPSA) is 114 Å². The summed E-state index contributed by atoms with van der Waals surface area (Å²) in [5.74, 6) is 0.0339. The number of amides is 2. The highest BCUT2D eigenvalue weighted by Crippen LogP contribution is 2.29. The average molecular weight is 380 g/mol. The number of nitro groups is 1. The molecule has 1 aromatic carbocycles. The number of carbonyl (C=O) groups is 2. The molecule has 0 saturated carbocycles. The fourth-order valence-corrected chi connectivity index (χ4v) is 2.82. The lowest BCUT2D eigenvalue weighted by Crippen LogP contribution is -2.54. The predicted octanol–water partition coefficient (Wildman–Crippen LogP) is 1.70. The molecule has 10 nitrogen and oxygen atoms in total. The Labute approximate surface area is 157 Å². The third kappa shape index (κ3) is 5.07. The fourth-order valence-electron chi connectivity index (χ4n) is 2.82. The van der Waals surface area contributed by atoms with E-state index in [9.17, 15) is 19.7 Å². The Balaban J connectivity index is 1.99. The monoisotopic (exact) mass is 380 g/mol. The second kappa shape index (κ2) is 9.17. The molecule has 0 radical (unpaired) electrons. The van der Waals surface area contributed by atoms with Crippen molar-refractivity contribution in [3.63, 3.8) is 0 Å². The van der Waals surface area contributed by atoms with Crippen molar-refractivity contribution in [3.8, 4) is 5.75 Å². The Kier molecular flexibility index (Phi) is 6.94. The van der Waals surface area contributed by atoms with E-state index in [1.54, 1.807) is 18.7 Å². The molecule has 0 aromatic heterocycles. The zero-order chi connectivity index (χ0) is 20.0. The Hall–Kier alpha value is -2.88. The van der Waals surface area contributed by atoms with Gasteiger partial charge in [0.15, 0.2) is 0 Å². The smallest absolute Gasteiger partial charge is 0.409 e. The highest BCUT2D eigenvalue weighted by atomic mass is 16.6. The van der Waals surface area contributed by atoms with E-state index in [0.717, 1.165) is 0 Å². The van der Waals surface area contributed by atoms with Crippen LogP contribution in [-0.2, 0) is 9.53 Å². The molecule has 148 valence electrons. The van der Waals surface area contributed by atoms with Crippen LogP contribution < -0.4 is 10.1 Å². The van der Waals surface area contributed by atoms with E-state index in [2.05, 4.69) is 5.32 Å². The van der Waals surface area contributed by atoms with Gasteiger partial charge >= 0.3 is 6.09 Å². The molecular formula is C17H24N4O6. The number of rotatable bonds is 6. The molecule has 0 aliphatic carbocycles. The first kappa shape index (κ1) is 20.4. The van der Waals surface area contributed by atoms with Gasteiger partial charge in [0.1, 0.15) is 5.75 Å². The van der Waals surface area contributed by atoms with Crippen LogP contribution in [0.2, 0.25) is 0 Å². The van der Waals surface area contributed by atoms with Gasteiger partial charge in [-0.15, -0.1) is 0 Å². The van der Waals surface area contributed by atoms with Crippen molar-refractivity contribution >= 4 is 23.4 Å². The van der Waals surface area contributed by atoms with Crippen LogP contribution in [0.4, 0.5) is 16.2 Å². The summed E-state index contributed by atoms with van der Waals surface area (Å²) in [6.07, 6.45) is -0.351. The lowest BCUT2D eigenvalue weighted by molar-refractivity contribution is -0.384. The summed E-state index contributed by atoms with van der Waals surface area (Å²) in [6.45, 7) is 5.82. The van der Waals surface area contributed by atoms with Crippen molar-refractivity contribution in [1.82, 2.24) is 9.80 Å². The molecule has 1 saturated heterocycles. The van der Waals surface area contributed by atoms with Gasteiger partial charge in [0.05, 0.1) is 30.4 Å². The molecule has 0 spiro atoms. The number of methoxy groups -OCH3 is 1. The number of hydrogen-bond donors (Lipinski definition) is 1. The van der Waals surface area contributed by atoms with E-state index in [1.807, 2.05) is 4.90 Å². The lowest BCUT2D eigenvalue weighted by atomic mass is 10.2. The SMILES string of the molecule is CCOC(=O)N1CCN([C@H](C)C(=O)Nc2cc([N+](=O)[O-])ccc2OC)CC1. The molecule has 1 heterocycles. The second-order valence-electron chi connectivity index (χ2n) is 6.03. The van der Waals surface area contributed by atoms with Gasteiger partial charge in [0.25, 0.3) is 5.69 Å². The molecule has 2 rings (SSSR count). The Morgan fingerprint density at radius 3 is 2.52 bits per heavy atom. The molecule has 1 atom stereocenters. The number of benzene rings is 1. The molecule has 1 aliphatic rings. The van der Waals surface area contributed by atoms with Gasteiger partial charge in [0.2, 0.25) is 5.91 Å². The Morgan fingerprint density at radius 1 is 1.30 bits per heavy atom. The molecule has 0 unspecified atom stereocenters. The lowest BCUT2D eigenvalue weighted by Gasteiger charge is -2.36. The summed E-state index contributed by atoms with van der Waals surface area (Å²) in [7, 11) is 1.43. The quantitative estimate of drug-likeness (QED) is 0.590. The minimum atomic E-state index is -0.535. The minimum Gasteiger partial charge on any atom is -0.495 e. The van der Waals surface area contributed by atoms with Crippen molar-refractivity contribution in [2.75, 3.05) is 45.2 Å². The third-order valence-electron chi connectivity index (χ3n) is 4.42. The summed E-state index contributed by atoms with van der Waals surface area (Å²) in [6, 6.07) is 3.55. The van der Waals surface area contributed by atoms with Crippen LogP contribution in [0.25, 0.3) is 0 Å². The maximum atomic E-state index is 12.6. The number of ether oxygens (including phenoxy) is 2. The van der Waals surface area contributed by atoms with Gasteiger partial charge < -0.3 is 19.7 Å². The number of nitrogens with one attached hydrogen (secondary N) is 1. The van der Waals surface area contributed by atoms with Crippen molar-refractivity contribution in [2.45, 2.75) is 19.9 Å². The maximum Gasteiger partial charge on any atom is 0.409 e. The molecule has 0 bridgehead atoms. The van der Waals surface area contributed by atoms with Crippen LogP contribution in [0, 0.1) is 10.1 Å². The summed E-state index contributed by atoms with van der Waals surface area (Å²) in [4.78, 5) is 38.3. The average Bonchev–Trinajstić information content (AvgIpc) is 2.67. The highest BCUT2D eigenvalue weighted by molar-refractivity contribution is 5.96. The molecule has 1 N–H and O–H groups in total. The number of nitro benzene ring substituents is 1. The first-order valence-corrected chi connectivity index (χ1v) is 8.66. The van der Waals surface area contributed by atoms with Gasteiger partial charge in [-0.2, -0.15) is 0 Å². The minimum absolute atomic E-state index is 0.137. The summed E-state index contributed by atoms with van der Waals surface area (Å²) >= 11 is 0. The molecule has 10 heteroatoms. The standard InChI is InChI=1S/C17H24N4O6/c1-4-27-17(23)20-9-7-19(8-10-20)12(2)16(22)18-14-11-13(21(24)25)5-6-15(14)26-3/h5-6,11-12H,4,7-10H2,1-3H3,(H,18,22)/t12-/m1/s1. The van der Waals surface area contributed by atoms with E-state index in [4.69, 9.17) is 9.47 Å². The number of hydrogen-bond acceptors (Lipinski definition) is 7. The third-order valence-corrected chi connectivity index (χ3v) is 4.42. The zero-order valence-electron chi connectivity index (χ0n) is 15.6. The predicted molar refractivity (Wildman–Crippen MR) is 97.9 cm³/mol. The van der Waals surface area contributed by atoms with Crippen molar-refractivity contribution in [3.05, 3.63) is 28.3 Å². The van der Waals surface area contributed by atoms with Crippen LogP contribution in [0.3, 0.4) is 0 Å². The molecule has 1 aromatic rings. The van der Waals surface area contributed by atoms with Crippen LogP contribution in [0.1, 0.15) is 13.8 Å². The van der Waals surface area contributed by atoms with E-state index in [-0.39, 0.29) is 23.4 Å². The van der Waals surface area contributed by atoms with Gasteiger partial charge in [-0.05, 0) is 19.9 Å². The first-order chi connectivity index (χ1) is 12.9. The van der Waals surface area contributed by atoms with Crippen LogP contribution in [-0.4, -0.2) is 72.7 Å². The Bertz CT molecular complexity index is 703. The molecule has 1 fully saturated rings. The van der Waals surface area contributed by atoms with Crippen LogP contribution >= 0.6 is 0 Å². The first-order valence-electron chi connectivity index (χ1n) is 8.66. The number of nitrogens with zero attached hydrogens (tertiary/aromatic N) is 3. The molecule has 27 heavy (non-hydrogen) atoms. The summed E-state index contributed by atoms with van der Waals surface area (Å²) in [5, 5.41) is 13.6. The van der Waals surface area contributed by atoms with Gasteiger partial charge in [-0.3, -0.25) is 19.8 Å². The van der Waals surface area contributed by atoms with E-state index in [0.29, 0.717) is 38.5 Å². The molecular weight excluding hydrogens is 356 g/mol. The summed E-state index contributed by atoms with van der Waals surface area (Å²) in [5.41, 5.74) is 0.107. The Morgan fingerprint density at radius 2 is 1.96 bits per heavy atom. The van der Waals surface area contributed by atoms with Crippen LogP contribution in [0.15, 0.2) is 18.2 Å². The number of piperazine rings is 1. The second-order valence-corrected chi connectivity index (χ2v) is 6.03. The maximum absolute atomic E-state index is 12.6. The normalized spacial score (nSPS) is 15.7. The van der Waals surface area contributed by atoms with Gasteiger partial charge in [-0.25, -0.2) is 4.79 Å². The zero-order valence-corrected chi connectivity index (χ0v) is 15.6. The largest absolute Gasteiger partial charge is 0.495 e. The molecule has 2 amide bonds. The number of carbonyl (C=O) groups excluding carboxylic acids is 2. The van der Waals surface area contributed by atoms with E-state index < -0.39 is 11.0 Å². The molecule has 1 aliphatic heterocycles. The van der Waals surface area contributed by atoms with E-state index >= 15 is 0 Å². The highest BCUT2D eigenvalue weighted by Gasteiger charge is 2.28. The fraction of sp³-hybridized carbons (Fsp3) is 0.529. The van der Waals surface area contributed by atoms with Crippen molar-refractivity contribution in [2.24, 2.45) is 0 Å². The van der Waals surface area contributed by atoms with Crippen LogP contribution in [0.5, 0.6) is 5.75 Å². The van der Waals surface area contributed by atoms with E-state index in [1.165, 1.54) is 25.3 Å². The van der Waals surface area contributed by atoms with Crippen molar-refractivity contribution < 1.29 is 24.0 Å². The van der Waals surface area contributed by atoms with Crippen molar-refractivity contribution in [1.29, 1.82) is 0 Å². The van der Waals surface area contributed by atoms with Gasteiger partial charge in [-0.1, -0.05) is 0 Å².